The van der Waals surface area contributed by atoms with Crippen molar-refractivity contribution in [3.05, 3.63) is 24.0 Å². The Labute approximate surface area is 128 Å². The van der Waals surface area contributed by atoms with Crippen molar-refractivity contribution in [1.82, 2.24) is 14.8 Å². The Hall–Kier alpha value is -1.62. The maximum absolute atomic E-state index is 12.2. The zero-order chi connectivity index (χ0) is 15.7. The highest BCUT2D eigenvalue weighted by Crippen LogP contribution is 2.10. The number of carbonyl (C=O) groups is 1. The SMILES string of the molecule is CCN(CC)C(=O)c1cc(NCCCCN(C)C)ccn1. The number of hydrogen-bond acceptors (Lipinski definition) is 4. The van der Waals surface area contributed by atoms with E-state index in [4.69, 9.17) is 0 Å². The summed E-state index contributed by atoms with van der Waals surface area (Å²) in [5.41, 5.74) is 1.47. The predicted octanol–water partition coefficient (Wildman–Crippen LogP) is 2.32. The second-order valence-corrected chi connectivity index (χ2v) is 5.34. The van der Waals surface area contributed by atoms with Crippen molar-refractivity contribution >= 4 is 11.6 Å². The van der Waals surface area contributed by atoms with Crippen LogP contribution in [0.3, 0.4) is 0 Å². The van der Waals surface area contributed by atoms with E-state index in [1.54, 1.807) is 11.1 Å². The number of aromatic nitrogens is 1. The number of carbonyl (C=O) groups excluding carboxylic acids is 1. The third-order valence-electron chi connectivity index (χ3n) is 3.39. The zero-order valence-electron chi connectivity index (χ0n) is 13.7. The van der Waals surface area contributed by atoms with Crippen molar-refractivity contribution in [1.29, 1.82) is 0 Å². The van der Waals surface area contributed by atoms with Crippen molar-refractivity contribution in [2.75, 3.05) is 45.6 Å². The third kappa shape index (κ3) is 6.12. The standard InChI is InChI=1S/C16H28N4O/c1-5-20(6-2)16(21)15-13-14(9-11-18-15)17-10-7-8-12-19(3)4/h9,11,13H,5-8,10,12H2,1-4H3,(H,17,18). The lowest BCUT2D eigenvalue weighted by Crippen LogP contribution is -2.31. The van der Waals surface area contributed by atoms with Crippen molar-refractivity contribution in [2.45, 2.75) is 26.7 Å². The van der Waals surface area contributed by atoms with Crippen LogP contribution in [0.2, 0.25) is 0 Å². The molecule has 0 spiro atoms. The fourth-order valence-corrected chi connectivity index (χ4v) is 2.12. The van der Waals surface area contributed by atoms with Crippen molar-refractivity contribution < 1.29 is 4.79 Å². The summed E-state index contributed by atoms with van der Waals surface area (Å²) in [5.74, 6) is -0.00347. The van der Waals surface area contributed by atoms with Gasteiger partial charge in [0.1, 0.15) is 5.69 Å². The number of anilines is 1. The number of unbranched alkanes of at least 4 members (excludes halogenated alkanes) is 1. The molecule has 21 heavy (non-hydrogen) atoms. The Kier molecular flexibility index (Phi) is 7.75. The highest BCUT2D eigenvalue weighted by molar-refractivity contribution is 5.93. The molecule has 0 aliphatic rings. The molecule has 1 heterocycles. The normalized spacial score (nSPS) is 10.7. The molecule has 0 aliphatic heterocycles. The highest BCUT2D eigenvalue weighted by Gasteiger charge is 2.13. The Bertz CT molecular complexity index is 430. The van der Waals surface area contributed by atoms with Crippen LogP contribution >= 0.6 is 0 Å². The lowest BCUT2D eigenvalue weighted by Gasteiger charge is -2.18. The summed E-state index contributed by atoms with van der Waals surface area (Å²) < 4.78 is 0. The van der Waals surface area contributed by atoms with E-state index in [2.05, 4.69) is 29.3 Å². The fourth-order valence-electron chi connectivity index (χ4n) is 2.12. The van der Waals surface area contributed by atoms with Crippen LogP contribution in [0.1, 0.15) is 37.2 Å². The smallest absolute Gasteiger partial charge is 0.272 e. The summed E-state index contributed by atoms with van der Waals surface area (Å²) in [4.78, 5) is 20.4. The van der Waals surface area contributed by atoms with Gasteiger partial charge in [-0.3, -0.25) is 9.78 Å². The molecule has 0 bridgehead atoms. The molecule has 1 rings (SSSR count). The van der Waals surface area contributed by atoms with Crippen LogP contribution in [-0.4, -0.2) is 61.0 Å². The molecule has 1 aromatic heterocycles. The van der Waals surface area contributed by atoms with Crippen molar-refractivity contribution in [3.8, 4) is 0 Å². The second kappa shape index (κ2) is 9.34. The molecule has 5 heteroatoms. The average Bonchev–Trinajstić information content (AvgIpc) is 2.48. The minimum Gasteiger partial charge on any atom is -0.385 e. The van der Waals surface area contributed by atoms with E-state index in [0.29, 0.717) is 18.8 Å². The van der Waals surface area contributed by atoms with E-state index < -0.39 is 0 Å². The van der Waals surface area contributed by atoms with E-state index in [9.17, 15) is 4.79 Å². The van der Waals surface area contributed by atoms with E-state index in [1.165, 1.54) is 0 Å². The quantitative estimate of drug-likeness (QED) is 0.710. The number of hydrogen-bond donors (Lipinski definition) is 1. The Morgan fingerprint density at radius 2 is 1.95 bits per heavy atom. The molecule has 0 saturated carbocycles. The Balaban J connectivity index is 2.50. The maximum Gasteiger partial charge on any atom is 0.272 e. The molecule has 0 aliphatic carbocycles. The minimum absolute atomic E-state index is 0.00347. The van der Waals surface area contributed by atoms with Gasteiger partial charge in [0.25, 0.3) is 5.91 Å². The van der Waals surface area contributed by atoms with Gasteiger partial charge in [-0.25, -0.2) is 0 Å². The summed E-state index contributed by atoms with van der Waals surface area (Å²) in [7, 11) is 4.17. The van der Waals surface area contributed by atoms with E-state index in [0.717, 1.165) is 31.6 Å². The molecule has 1 amide bonds. The molecule has 0 atom stereocenters. The topological polar surface area (TPSA) is 48.5 Å². The van der Waals surface area contributed by atoms with Gasteiger partial charge >= 0.3 is 0 Å². The summed E-state index contributed by atoms with van der Waals surface area (Å²) in [6.45, 7) is 7.39. The van der Waals surface area contributed by atoms with Gasteiger partial charge < -0.3 is 15.1 Å². The van der Waals surface area contributed by atoms with Gasteiger partial charge in [0.15, 0.2) is 0 Å². The van der Waals surface area contributed by atoms with Crippen LogP contribution in [0, 0.1) is 0 Å². The molecule has 0 saturated heterocycles. The molecule has 0 aromatic carbocycles. The molecule has 1 aromatic rings. The van der Waals surface area contributed by atoms with Gasteiger partial charge in [-0.05, 0) is 59.5 Å². The molecule has 0 unspecified atom stereocenters. The first-order valence-electron chi connectivity index (χ1n) is 7.72. The molecular weight excluding hydrogens is 264 g/mol. The van der Waals surface area contributed by atoms with Crippen LogP contribution < -0.4 is 5.32 Å². The minimum atomic E-state index is -0.00347. The predicted molar refractivity (Wildman–Crippen MR) is 87.8 cm³/mol. The number of amides is 1. The zero-order valence-corrected chi connectivity index (χ0v) is 13.7. The summed E-state index contributed by atoms with van der Waals surface area (Å²) in [6, 6.07) is 3.75. The molecule has 0 fully saturated rings. The summed E-state index contributed by atoms with van der Waals surface area (Å²) in [5, 5.41) is 3.36. The third-order valence-corrected chi connectivity index (χ3v) is 3.39. The monoisotopic (exact) mass is 292 g/mol. The van der Waals surface area contributed by atoms with Crippen molar-refractivity contribution in [2.24, 2.45) is 0 Å². The van der Waals surface area contributed by atoms with Crippen LogP contribution in [0.4, 0.5) is 5.69 Å². The Morgan fingerprint density at radius 3 is 2.57 bits per heavy atom. The Morgan fingerprint density at radius 1 is 1.24 bits per heavy atom. The van der Waals surface area contributed by atoms with Crippen LogP contribution in [0.5, 0.6) is 0 Å². The number of nitrogens with zero attached hydrogens (tertiary/aromatic N) is 3. The van der Waals surface area contributed by atoms with Gasteiger partial charge in [-0.1, -0.05) is 0 Å². The molecule has 0 radical (unpaired) electrons. The molecule has 118 valence electrons. The fraction of sp³-hybridized carbons (Fsp3) is 0.625. The first-order chi connectivity index (χ1) is 10.1. The van der Waals surface area contributed by atoms with Crippen LogP contribution in [0.15, 0.2) is 18.3 Å². The number of rotatable bonds is 9. The van der Waals surface area contributed by atoms with Crippen LogP contribution in [0.25, 0.3) is 0 Å². The first-order valence-corrected chi connectivity index (χ1v) is 7.72. The van der Waals surface area contributed by atoms with Gasteiger partial charge in [0.2, 0.25) is 0 Å². The van der Waals surface area contributed by atoms with Gasteiger partial charge in [-0.2, -0.15) is 0 Å². The molecular formula is C16H28N4O. The van der Waals surface area contributed by atoms with Crippen molar-refractivity contribution in [3.63, 3.8) is 0 Å². The highest BCUT2D eigenvalue weighted by atomic mass is 16.2. The van der Waals surface area contributed by atoms with Gasteiger partial charge in [0, 0.05) is 31.5 Å². The van der Waals surface area contributed by atoms with Gasteiger partial charge in [0.05, 0.1) is 0 Å². The molecule has 5 nitrogen and oxygen atoms in total. The van der Waals surface area contributed by atoms with E-state index >= 15 is 0 Å². The summed E-state index contributed by atoms with van der Waals surface area (Å²) in [6.07, 6.45) is 3.97. The van der Waals surface area contributed by atoms with E-state index in [-0.39, 0.29) is 5.91 Å². The van der Waals surface area contributed by atoms with Crippen LogP contribution in [-0.2, 0) is 0 Å². The largest absolute Gasteiger partial charge is 0.385 e. The number of nitrogens with one attached hydrogen (secondary N) is 1. The maximum atomic E-state index is 12.2. The first kappa shape index (κ1) is 17.4. The van der Waals surface area contributed by atoms with E-state index in [1.807, 2.05) is 26.0 Å². The lowest BCUT2D eigenvalue weighted by molar-refractivity contribution is 0.0767. The lowest BCUT2D eigenvalue weighted by atomic mass is 10.2. The van der Waals surface area contributed by atoms with Gasteiger partial charge in [-0.15, -0.1) is 0 Å². The number of pyridine rings is 1. The average molecular weight is 292 g/mol. The molecule has 1 N–H and O–H groups in total. The second-order valence-electron chi connectivity index (χ2n) is 5.34. The summed E-state index contributed by atoms with van der Waals surface area (Å²) >= 11 is 0.